The molecule has 0 bridgehead atoms. The number of likely N-dealkylation sites (N-methyl/N-ethyl adjacent to an activating group) is 1. The fraction of sp³-hybridized carbons (Fsp3) is 0.385. The van der Waals surface area contributed by atoms with Crippen molar-refractivity contribution >= 4 is 17.1 Å². The number of aromatic nitrogens is 1. The van der Waals surface area contributed by atoms with Crippen LogP contribution in [0.2, 0.25) is 0 Å². The molecule has 2 aliphatic heterocycles. The lowest BCUT2D eigenvalue weighted by atomic mass is 9.85. The number of nitrogens with zero attached hydrogens (tertiary/aromatic N) is 1. The Morgan fingerprint density at radius 2 is 1.88 bits per heavy atom. The molecule has 0 spiro atoms. The number of esters is 1. The van der Waals surface area contributed by atoms with Gasteiger partial charge in [-0.3, -0.25) is 4.79 Å². The first-order valence-electron chi connectivity index (χ1n) is 10.9. The van der Waals surface area contributed by atoms with E-state index in [1.165, 1.54) is 16.7 Å². The molecule has 1 atom stereocenters. The molecule has 4 rings (SSSR count). The zero-order valence-electron chi connectivity index (χ0n) is 19.4. The molecular weight excluding hydrogens is 404 g/mol. The summed E-state index contributed by atoms with van der Waals surface area (Å²) in [6.45, 7) is 13.2. The maximum Gasteiger partial charge on any atom is 0.343 e. The van der Waals surface area contributed by atoms with Crippen LogP contribution >= 0.6 is 0 Å². The summed E-state index contributed by atoms with van der Waals surface area (Å²) in [6.07, 6.45) is 0.129. The van der Waals surface area contributed by atoms with E-state index in [2.05, 4.69) is 44.8 Å². The molecule has 0 aliphatic carbocycles. The quantitative estimate of drug-likeness (QED) is 0.723. The Hall–Kier alpha value is -2.96. The number of cyclic esters (lactones) is 1. The second kappa shape index (κ2) is 7.87. The van der Waals surface area contributed by atoms with Crippen LogP contribution in [0.25, 0.3) is 11.1 Å². The van der Waals surface area contributed by atoms with Crippen LogP contribution in [0.3, 0.4) is 0 Å². The number of rotatable bonds is 4. The van der Waals surface area contributed by atoms with Crippen LogP contribution in [-0.4, -0.2) is 29.2 Å². The van der Waals surface area contributed by atoms with E-state index in [9.17, 15) is 14.7 Å². The van der Waals surface area contributed by atoms with Crippen molar-refractivity contribution in [1.82, 2.24) is 9.88 Å². The Labute approximate surface area is 188 Å². The summed E-state index contributed by atoms with van der Waals surface area (Å²) < 4.78 is 6.83. The fourth-order valence-electron chi connectivity index (χ4n) is 4.82. The van der Waals surface area contributed by atoms with E-state index in [0.29, 0.717) is 29.9 Å². The average molecular weight is 435 g/mol. The number of nitrogens with one attached hydrogen (secondary N) is 1. The molecule has 1 unspecified atom stereocenters. The third-order valence-corrected chi connectivity index (χ3v) is 6.92. The van der Waals surface area contributed by atoms with Gasteiger partial charge in [0.25, 0.3) is 5.56 Å². The second-order valence-electron chi connectivity index (χ2n) is 8.82. The van der Waals surface area contributed by atoms with Crippen LogP contribution in [0.15, 0.2) is 35.1 Å². The highest BCUT2D eigenvalue weighted by molar-refractivity contribution is 5.92. The molecule has 3 heterocycles. The van der Waals surface area contributed by atoms with Gasteiger partial charge < -0.3 is 19.7 Å². The Bertz CT molecular complexity index is 1250. The van der Waals surface area contributed by atoms with Gasteiger partial charge >= 0.3 is 5.97 Å². The number of carbonyl (C=O) groups excluding carboxylic acids is 1. The van der Waals surface area contributed by atoms with Crippen LogP contribution in [0, 0.1) is 20.8 Å². The van der Waals surface area contributed by atoms with Gasteiger partial charge in [0.05, 0.1) is 17.8 Å². The summed E-state index contributed by atoms with van der Waals surface area (Å²) in [7, 11) is 1.90. The van der Waals surface area contributed by atoms with Crippen molar-refractivity contribution in [3.05, 3.63) is 79.8 Å². The van der Waals surface area contributed by atoms with Gasteiger partial charge in [-0.05, 0) is 79.3 Å². The number of ether oxygens (including phenoxy) is 1. The van der Waals surface area contributed by atoms with Crippen molar-refractivity contribution < 1.29 is 14.6 Å². The van der Waals surface area contributed by atoms with Gasteiger partial charge in [-0.1, -0.05) is 25.6 Å². The van der Waals surface area contributed by atoms with Crippen LogP contribution in [0.4, 0.5) is 0 Å². The standard InChI is InChI=1S/C26H30N2O4/c1-7-26(31)22-10-23-17(5)20(12-28(23)24(29)21(22)13-32-25(26)30)19(11-27-6)18-9-15(3)14(2)8-16(18)4/h8-10,27,31H,5,7,11-13H2,1-4,6H3/b20-19-. The lowest BCUT2D eigenvalue weighted by molar-refractivity contribution is -0.172. The van der Waals surface area contributed by atoms with Gasteiger partial charge in [-0.15, -0.1) is 0 Å². The molecule has 0 radical (unpaired) electrons. The summed E-state index contributed by atoms with van der Waals surface area (Å²) in [6, 6.07) is 6.12. The van der Waals surface area contributed by atoms with Crippen molar-refractivity contribution in [3.63, 3.8) is 0 Å². The Kier molecular flexibility index (Phi) is 5.47. The predicted molar refractivity (Wildman–Crippen MR) is 125 cm³/mol. The van der Waals surface area contributed by atoms with Crippen LogP contribution in [-0.2, 0) is 28.3 Å². The number of carbonyl (C=O) groups is 1. The lowest BCUT2D eigenvalue weighted by Gasteiger charge is -2.31. The highest BCUT2D eigenvalue weighted by Crippen LogP contribution is 2.40. The number of allylic oxidation sites excluding steroid dienone is 2. The normalized spacial score (nSPS) is 21.3. The van der Waals surface area contributed by atoms with Gasteiger partial charge in [-0.2, -0.15) is 0 Å². The third kappa shape index (κ3) is 3.17. The van der Waals surface area contributed by atoms with Crippen LogP contribution in [0.1, 0.15) is 52.4 Å². The highest BCUT2D eigenvalue weighted by Gasteiger charge is 2.45. The predicted octanol–water partition coefficient (Wildman–Crippen LogP) is 3.13. The number of benzene rings is 1. The van der Waals surface area contributed by atoms with E-state index >= 15 is 0 Å². The molecule has 0 saturated heterocycles. The first kappa shape index (κ1) is 22.2. The Morgan fingerprint density at radius 1 is 1.19 bits per heavy atom. The molecule has 6 nitrogen and oxygen atoms in total. The highest BCUT2D eigenvalue weighted by atomic mass is 16.6. The molecule has 32 heavy (non-hydrogen) atoms. The number of hydrogen-bond donors (Lipinski definition) is 2. The van der Waals surface area contributed by atoms with Crippen molar-refractivity contribution in [3.8, 4) is 0 Å². The molecule has 1 aromatic carbocycles. The molecule has 168 valence electrons. The van der Waals surface area contributed by atoms with Crippen molar-refractivity contribution in [2.45, 2.75) is 52.9 Å². The van der Waals surface area contributed by atoms with Crippen molar-refractivity contribution in [2.75, 3.05) is 13.6 Å². The second-order valence-corrected chi connectivity index (χ2v) is 8.82. The van der Waals surface area contributed by atoms with Crippen LogP contribution in [0.5, 0.6) is 0 Å². The molecule has 6 heteroatoms. The fourth-order valence-corrected chi connectivity index (χ4v) is 4.82. The number of aryl methyl sites for hydroxylation is 3. The molecular formula is C26H30N2O4. The minimum atomic E-state index is -1.81. The maximum absolute atomic E-state index is 13.4. The maximum atomic E-state index is 13.4. The molecule has 2 N–H and O–H groups in total. The summed E-state index contributed by atoms with van der Waals surface area (Å²) in [5.41, 5.74) is 6.82. The van der Waals surface area contributed by atoms with Crippen LogP contribution < -0.4 is 10.9 Å². The van der Waals surface area contributed by atoms with Gasteiger partial charge in [0.1, 0.15) is 6.61 Å². The molecule has 0 amide bonds. The monoisotopic (exact) mass is 434 g/mol. The largest absolute Gasteiger partial charge is 0.458 e. The number of fused-ring (bicyclic) bond motifs is 2. The average Bonchev–Trinajstić information content (AvgIpc) is 3.09. The van der Waals surface area contributed by atoms with Crippen molar-refractivity contribution in [1.29, 1.82) is 0 Å². The first-order valence-corrected chi connectivity index (χ1v) is 10.9. The van der Waals surface area contributed by atoms with Gasteiger partial charge in [0, 0.05) is 12.1 Å². The van der Waals surface area contributed by atoms with Gasteiger partial charge in [0.2, 0.25) is 0 Å². The smallest absolute Gasteiger partial charge is 0.343 e. The van der Waals surface area contributed by atoms with E-state index in [1.54, 1.807) is 17.6 Å². The van der Waals surface area contributed by atoms with Gasteiger partial charge in [0.15, 0.2) is 5.60 Å². The van der Waals surface area contributed by atoms with E-state index in [0.717, 1.165) is 22.3 Å². The molecule has 2 aromatic rings. The van der Waals surface area contributed by atoms with E-state index in [-0.39, 0.29) is 18.6 Å². The third-order valence-electron chi connectivity index (χ3n) is 6.92. The molecule has 0 saturated carbocycles. The van der Waals surface area contributed by atoms with E-state index in [1.807, 2.05) is 7.05 Å². The summed E-state index contributed by atoms with van der Waals surface area (Å²) in [5.74, 6) is -0.710. The zero-order valence-corrected chi connectivity index (χ0v) is 19.4. The minimum absolute atomic E-state index is 0.124. The number of aliphatic hydroxyl groups is 1. The first-order chi connectivity index (χ1) is 15.1. The summed E-state index contributed by atoms with van der Waals surface area (Å²) >= 11 is 0. The summed E-state index contributed by atoms with van der Waals surface area (Å²) in [5, 5.41) is 14.3. The Balaban J connectivity index is 1.94. The summed E-state index contributed by atoms with van der Waals surface area (Å²) in [4.78, 5) is 25.7. The van der Waals surface area contributed by atoms with E-state index < -0.39 is 11.6 Å². The number of pyridine rings is 1. The molecule has 1 aromatic heterocycles. The van der Waals surface area contributed by atoms with Crippen molar-refractivity contribution in [2.24, 2.45) is 0 Å². The molecule has 2 aliphatic rings. The van der Waals surface area contributed by atoms with Gasteiger partial charge in [-0.25, -0.2) is 4.79 Å². The zero-order chi connectivity index (χ0) is 23.4. The number of hydrogen-bond acceptors (Lipinski definition) is 5. The van der Waals surface area contributed by atoms with E-state index in [4.69, 9.17) is 4.74 Å². The minimum Gasteiger partial charge on any atom is -0.458 e. The Morgan fingerprint density at radius 3 is 2.53 bits per heavy atom. The molecule has 0 fully saturated rings. The lowest BCUT2D eigenvalue weighted by Crippen LogP contribution is -2.44. The topological polar surface area (TPSA) is 80.6 Å². The SMILES string of the molecule is C=C1/C(=C(/CNC)c2cc(C)c(C)cc2C)Cn2c1cc1c(c2=O)COC(=O)C1(O)CC.